The number of nitrogens with one attached hydrogen (secondary N) is 1. The van der Waals surface area contributed by atoms with Gasteiger partial charge in [-0.05, 0) is 38.1 Å². The highest BCUT2D eigenvalue weighted by Crippen LogP contribution is 2.27. The van der Waals surface area contributed by atoms with Crippen molar-refractivity contribution in [1.29, 1.82) is 0 Å². The molecule has 0 amide bonds. The van der Waals surface area contributed by atoms with E-state index >= 15 is 0 Å². The van der Waals surface area contributed by atoms with Crippen LogP contribution in [0.5, 0.6) is 0 Å². The molecule has 0 saturated carbocycles. The Kier molecular flexibility index (Phi) is 4.22. The monoisotopic (exact) mass is 275 g/mol. The van der Waals surface area contributed by atoms with E-state index in [1.165, 1.54) is 16.9 Å². The fourth-order valence-corrected chi connectivity index (χ4v) is 2.77. The van der Waals surface area contributed by atoms with Crippen molar-refractivity contribution >= 4 is 23.0 Å². The molecule has 3 nitrogen and oxygen atoms in total. The quantitative estimate of drug-likeness (QED) is 0.857. The molecule has 1 aromatic heterocycles. The van der Waals surface area contributed by atoms with E-state index in [2.05, 4.69) is 31.3 Å². The van der Waals surface area contributed by atoms with Gasteiger partial charge in [-0.1, -0.05) is 12.1 Å². The van der Waals surface area contributed by atoms with Gasteiger partial charge in [-0.2, -0.15) is 0 Å². The van der Waals surface area contributed by atoms with E-state index in [1.54, 1.807) is 17.4 Å². The molecule has 0 saturated heterocycles. The standard InChI is InChI=1S/C15H17NO2S/c1-10-8-9-14(19-10)11(2)16-13-7-5-4-6-12(13)15(17)18-3/h4-9,11,16H,1-3H3. The molecule has 2 aromatic rings. The lowest BCUT2D eigenvalue weighted by Gasteiger charge is -2.16. The number of para-hydroxylation sites is 1. The first kappa shape index (κ1) is 13.6. The lowest BCUT2D eigenvalue weighted by Crippen LogP contribution is -2.10. The number of ether oxygens (including phenoxy) is 1. The molecule has 100 valence electrons. The average Bonchev–Trinajstić information content (AvgIpc) is 2.85. The van der Waals surface area contributed by atoms with Gasteiger partial charge in [0.15, 0.2) is 0 Å². The number of aryl methyl sites for hydroxylation is 1. The van der Waals surface area contributed by atoms with Crippen molar-refractivity contribution in [1.82, 2.24) is 0 Å². The molecule has 19 heavy (non-hydrogen) atoms. The highest BCUT2D eigenvalue weighted by Gasteiger charge is 2.14. The van der Waals surface area contributed by atoms with Gasteiger partial charge in [0.2, 0.25) is 0 Å². The summed E-state index contributed by atoms with van der Waals surface area (Å²) in [5, 5.41) is 3.36. The van der Waals surface area contributed by atoms with Crippen LogP contribution in [0.2, 0.25) is 0 Å². The molecule has 1 atom stereocenters. The van der Waals surface area contributed by atoms with Crippen LogP contribution in [0, 0.1) is 6.92 Å². The molecule has 1 aromatic carbocycles. The summed E-state index contributed by atoms with van der Waals surface area (Å²) in [7, 11) is 1.39. The van der Waals surface area contributed by atoms with Crippen molar-refractivity contribution in [3.63, 3.8) is 0 Å². The Morgan fingerprint density at radius 3 is 2.63 bits per heavy atom. The van der Waals surface area contributed by atoms with Crippen LogP contribution < -0.4 is 5.32 Å². The summed E-state index contributed by atoms with van der Waals surface area (Å²) in [4.78, 5) is 14.2. The SMILES string of the molecule is COC(=O)c1ccccc1NC(C)c1ccc(C)s1. The lowest BCUT2D eigenvalue weighted by molar-refractivity contribution is 0.0602. The molecule has 0 spiro atoms. The van der Waals surface area contributed by atoms with E-state index in [0.29, 0.717) is 5.56 Å². The van der Waals surface area contributed by atoms with Crippen LogP contribution in [-0.4, -0.2) is 13.1 Å². The second-order valence-electron chi connectivity index (χ2n) is 4.35. The smallest absolute Gasteiger partial charge is 0.339 e. The molecule has 0 bridgehead atoms. The largest absolute Gasteiger partial charge is 0.465 e. The number of hydrogen-bond acceptors (Lipinski definition) is 4. The van der Waals surface area contributed by atoms with Crippen LogP contribution in [0.3, 0.4) is 0 Å². The summed E-state index contributed by atoms with van der Waals surface area (Å²) < 4.78 is 4.79. The number of anilines is 1. The second kappa shape index (κ2) is 5.89. The average molecular weight is 275 g/mol. The number of methoxy groups -OCH3 is 1. The van der Waals surface area contributed by atoms with Gasteiger partial charge >= 0.3 is 5.97 Å². The molecule has 0 fully saturated rings. The number of carbonyl (C=O) groups is 1. The van der Waals surface area contributed by atoms with Gasteiger partial charge in [0, 0.05) is 15.4 Å². The highest BCUT2D eigenvalue weighted by molar-refractivity contribution is 7.12. The zero-order valence-electron chi connectivity index (χ0n) is 11.3. The summed E-state index contributed by atoms with van der Waals surface area (Å²) >= 11 is 1.76. The number of thiophene rings is 1. The summed E-state index contributed by atoms with van der Waals surface area (Å²) in [5.41, 5.74) is 1.36. The molecular weight excluding hydrogens is 258 g/mol. The third-order valence-corrected chi connectivity index (χ3v) is 4.08. The van der Waals surface area contributed by atoms with Crippen molar-refractivity contribution in [2.75, 3.05) is 12.4 Å². The third-order valence-electron chi connectivity index (χ3n) is 2.89. The Morgan fingerprint density at radius 1 is 1.26 bits per heavy atom. The number of esters is 1. The maximum Gasteiger partial charge on any atom is 0.339 e. The zero-order chi connectivity index (χ0) is 13.8. The van der Waals surface area contributed by atoms with E-state index < -0.39 is 0 Å². The molecule has 0 aliphatic heterocycles. The van der Waals surface area contributed by atoms with Gasteiger partial charge in [-0.15, -0.1) is 11.3 Å². The van der Waals surface area contributed by atoms with Gasteiger partial charge in [-0.3, -0.25) is 0 Å². The number of carbonyl (C=O) groups excluding carboxylic acids is 1. The van der Waals surface area contributed by atoms with Crippen LogP contribution in [0.4, 0.5) is 5.69 Å². The summed E-state index contributed by atoms with van der Waals surface area (Å²) in [5.74, 6) is -0.322. The van der Waals surface area contributed by atoms with Gasteiger partial charge in [-0.25, -0.2) is 4.79 Å². The molecule has 2 rings (SSSR count). The van der Waals surface area contributed by atoms with Crippen LogP contribution >= 0.6 is 11.3 Å². The van der Waals surface area contributed by atoms with Gasteiger partial charge in [0.05, 0.1) is 18.7 Å². The lowest BCUT2D eigenvalue weighted by atomic mass is 10.1. The zero-order valence-corrected chi connectivity index (χ0v) is 12.1. The van der Waals surface area contributed by atoms with E-state index in [4.69, 9.17) is 4.74 Å². The molecular formula is C15H17NO2S. The Balaban J connectivity index is 2.21. The molecule has 0 aliphatic carbocycles. The first-order valence-electron chi connectivity index (χ1n) is 6.12. The predicted octanol–water partition coefficient (Wildman–Crippen LogP) is 4.02. The van der Waals surface area contributed by atoms with Crippen molar-refractivity contribution in [2.24, 2.45) is 0 Å². The summed E-state index contributed by atoms with van der Waals surface area (Å²) in [6.45, 7) is 4.17. The fraction of sp³-hybridized carbons (Fsp3) is 0.267. The maximum atomic E-state index is 11.7. The molecule has 1 unspecified atom stereocenters. The minimum atomic E-state index is -0.322. The Labute approximate surface area is 117 Å². The first-order valence-corrected chi connectivity index (χ1v) is 6.93. The topological polar surface area (TPSA) is 38.3 Å². The normalized spacial score (nSPS) is 11.9. The molecule has 0 aliphatic rings. The van der Waals surface area contributed by atoms with E-state index in [9.17, 15) is 4.79 Å². The molecule has 0 radical (unpaired) electrons. The second-order valence-corrected chi connectivity index (χ2v) is 5.67. The minimum Gasteiger partial charge on any atom is -0.465 e. The van der Waals surface area contributed by atoms with Crippen LogP contribution in [0.25, 0.3) is 0 Å². The minimum absolute atomic E-state index is 0.157. The Hall–Kier alpha value is -1.81. The first-order chi connectivity index (χ1) is 9.11. The highest BCUT2D eigenvalue weighted by atomic mass is 32.1. The molecule has 1 heterocycles. The van der Waals surface area contributed by atoms with Gasteiger partial charge < -0.3 is 10.1 Å². The predicted molar refractivity (Wildman–Crippen MR) is 78.9 cm³/mol. The van der Waals surface area contributed by atoms with E-state index in [-0.39, 0.29) is 12.0 Å². The number of rotatable bonds is 4. The Bertz CT molecular complexity index is 577. The molecule has 1 N–H and O–H groups in total. The van der Waals surface area contributed by atoms with Crippen LogP contribution in [0.1, 0.15) is 33.1 Å². The maximum absolute atomic E-state index is 11.7. The summed E-state index contributed by atoms with van der Waals surface area (Å²) in [6, 6.07) is 11.8. The third kappa shape index (κ3) is 3.15. The van der Waals surface area contributed by atoms with E-state index in [0.717, 1.165) is 5.69 Å². The number of hydrogen-bond donors (Lipinski definition) is 1. The van der Waals surface area contributed by atoms with Crippen molar-refractivity contribution in [3.05, 3.63) is 51.7 Å². The molecule has 4 heteroatoms. The van der Waals surface area contributed by atoms with Crippen LogP contribution in [0.15, 0.2) is 36.4 Å². The summed E-state index contributed by atoms with van der Waals surface area (Å²) in [6.07, 6.45) is 0. The Morgan fingerprint density at radius 2 is 2.00 bits per heavy atom. The van der Waals surface area contributed by atoms with Gasteiger partial charge in [0.1, 0.15) is 0 Å². The van der Waals surface area contributed by atoms with Crippen molar-refractivity contribution in [3.8, 4) is 0 Å². The number of benzene rings is 1. The fourth-order valence-electron chi connectivity index (χ4n) is 1.89. The van der Waals surface area contributed by atoms with Crippen molar-refractivity contribution < 1.29 is 9.53 Å². The van der Waals surface area contributed by atoms with E-state index in [1.807, 2.05) is 18.2 Å². The van der Waals surface area contributed by atoms with Crippen LogP contribution in [-0.2, 0) is 4.74 Å². The van der Waals surface area contributed by atoms with Gasteiger partial charge in [0.25, 0.3) is 0 Å². The van der Waals surface area contributed by atoms with Crippen molar-refractivity contribution in [2.45, 2.75) is 19.9 Å².